The van der Waals surface area contributed by atoms with Crippen LogP contribution in [-0.4, -0.2) is 10.2 Å². The molecule has 4 heteroatoms. The molecule has 38 valence electrons. The summed E-state index contributed by atoms with van der Waals surface area (Å²) < 4.78 is 0. The summed E-state index contributed by atoms with van der Waals surface area (Å²) in [5.41, 5.74) is 0. The first-order valence-electron chi connectivity index (χ1n) is 1.63. The third-order valence-corrected chi connectivity index (χ3v) is 0.436. The lowest BCUT2D eigenvalue weighted by Gasteiger charge is -1.59. The SMILES string of the molecule is [Br-].c1c[nH+]cnn1. The van der Waals surface area contributed by atoms with Gasteiger partial charge in [-0.05, 0) is 5.10 Å². The zero-order valence-corrected chi connectivity index (χ0v) is 5.09. The smallest absolute Gasteiger partial charge is 0.312 e. The third-order valence-electron chi connectivity index (χ3n) is 0.436. The Morgan fingerprint density at radius 2 is 2.14 bits per heavy atom. The maximum Gasteiger partial charge on any atom is 0.312 e. The lowest BCUT2D eigenvalue weighted by atomic mass is 10.9. The van der Waals surface area contributed by atoms with Gasteiger partial charge in [0.25, 0.3) is 0 Å². The molecule has 0 radical (unpaired) electrons. The van der Waals surface area contributed by atoms with E-state index in [9.17, 15) is 0 Å². The van der Waals surface area contributed by atoms with Crippen molar-refractivity contribution in [3.8, 4) is 0 Å². The van der Waals surface area contributed by atoms with E-state index in [1.54, 1.807) is 12.4 Å². The summed E-state index contributed by atoms with van der Waals surface area (Å²) in [6, 6.07) is 0. The van der Waals surface area contributed by atoms with Crippen LogP contribution in [0.5, 0.6) is 0 Å². The van der Waals surface area contributed by atoms with Crippen molar-refractivity contribution in [2.75, 3.05) is 0 Å². The van der Waals surface area contributed by atoms with Gasteiger partial charge in [0.2, 0.25) is 0 Å². The van der Waals surface area contributed by atoms with Crippen molar-refractivity contribution in [2.45, 2.75) is 0 Å². The molecule has 0 aliphatic heterocycles. The van der Waals surface area contributed by atoms with Crippen molar-refractivity contribution in [3.05, 3.63) is 18.7 Å². The van der Waals surface area contributed by atoms with Crippen molar-refractivity contribution in [1.29, 1.82) is 0 Å². The molecule has 0 spiro atoms. The molecule has 0 amide bonds. The summed E-state index contributed by atoms with van der Waals surface area (Å²) in [5.74, 6) is 0. The molecule has 7 heavy (non-hydrogen) atoms. The van der Waals surface area contributed by atoms with E-state index in [1.165, 1.54) is 6.33 Å². The number of H-pyrrole nitrogens is 1. The molecule has 0 unspecified atom stereocenters. The van der Waals surface area contributed by atoms with E-state index in [1.807, 2.05) is 0 Å². The summed E-state index contributed by atoms with van der Waals surface area (Å²) in [6.07, 6.45) is 4.80. The minimum atomic E-state index is 0. The first-order valence-corrected chi connectivity index (χ1v) is 1.63. The standard InChI is InChI=1S/C3H3N3.BrH/c1-2-5-6-3-4-1;/h1-3H;1H. The topological polar surface area (TPSA) is 39.9 Å². The van der Waals surface area contributed by atoms with Crippen molar-refractivity contribution >= 4 is 0 Å². The lowest BCUT2D eigenvalue weighted by molar-refractivity contribution is -0.384. The van der Waals surface area contributed by atoms with Crippen LogP contribution in [0, 0.1) is 0 Å². The van der Waals surface area contributed by atoms with Crippen LogP contribution in [0.1, 0.15) is 0 Å². The van der Waals surface area contributed by atoms with Crippen LogP contribution in [0.3, 0.4) is 0 Å². The van der Waals surface area contributed by atoms with Crippen LogP contribution >= 0.6 is 0 Å². The van der Waals surface area contributed by atoms with Crippen LogP contribution < -0.4 is 22.0 Å². The molecule has 0 aliphatic carbocycles. The molecule has 0 saturated carbocycles. The Morgan fingerprint density at radius 1 is 1.29 bits per heavy atom. The number of aromatic nitrogens is 3. The van der Waals surface area contributed by atoms with Gasteiger partial charge in [-0.25, -0.2) is 4.98 Å². The van der Waals surface area contributed by atoms with Gasteiger partial charge in [0, 0.05) is 0 Å². The number of rotatable bonds is 0. The van der Waals surface area contributed by atoms with Crippen molar-refractivity contribution < 1.29 is 22.0 Å². The number of nitrogens with zero attached hydrogens (tertiary/aromatic N) is 2. The average molecular weight is 162 g/mol. The van der Waals surface area contributed by atoms with Gasteiger partial charge in [0.1, 0.15) is 12.4 Å². The highest BCUT2D eigenvalue weighted by Gasteiger charge is 1.70. The molecule has 1 N–H and O–H groups in total. The van der Waals surface area contributed by atoms with Crippen molar-refractivity contribution in [1.82, 2.24) is 10.2 Å². The number of hydrogen-bond donors (Lipinski definition) is 0. The van der Waals surface area contributed by atoms with Gasteiger partial charge in [-0.15, -0.1) is 0 Å². The highest BCUT2D eigenvalue weighted by molar-refractivity contribution is 4.47. The molecular weight excluding hydrogens is 158 g/mol. The minimum absolute atomic E-state index is 0. The Kier molecular flexibility index (Phi) is 3.40. The molecule has 0 aliphatic rings. The molecule has 1 aromatic rings. The Hall–Kier alpha value is -0.510. The molecule has 1 rings (SSSR count). The summed E-state index contributed by atoms with van der Waals surface area (Å²) in [4.78, 5) is 2.72. The van der Waals surface area contributed by atoms with Gasteiger partial charge >= 0.3 is 6.33 Å². The molecule has 1 heterocycles. The van der Waals surface area contributed by atoms with E-state index < -0.39 is 0 Å². The van der Waals surface area contributed by atoms with E-state index in [4.69, 9.17) is 0 Å². The molecule has 0 atom stereocenters. The maximum atomic E-state index is 3.50. The highest BCUT2D eigenvalue weighted by atomic mass is 79.9. The van der Waals surface area contributed by atoms with Gasteiger partial charge in [-0.1, -0.05) is 0 Å². The van der Waals surface area contributed by atoms with E-state index in [0.717, 1.165) is 0 Å². The first kappa shape index (κ1) is 6.49. The summed E-state index contributed by atoms with van der Waals surface area (Å²) in [5, 5.41) is 6.98. The Morgan fingerprint density at radius 3 is 2.29 bits per heavy atom. The van der Waals surface area contributed by atoms with Gasteiger partial charge in [0.15, 0.2) is 0 Å². The van der Waals surface area contributed by atoms with Crippen LogP contribution in [0.4, 0.5) is 0 Å². The second-order valence-electron chi connectivity index (χ2n) is 0.842. The third kappa shape index (κ3) is 2.22. The fourth-order valence-electron chi connectivity index (χ4n) is 0.225. The largest absolute Gasteiger partial charge is 1.00 e. The second kappa shape index (κ2) is 3.67. The van der Waals surface area contributed by atoms with E-state index >= 15 is 0 Å². The number of aromatic amines is 1. The number of nitrogens with one attached hydrogen (secondary N) is 1. The predicted octanol–water partition coefficient (Wildman–Crippen LogP) is -3.71. The molecule has 0 fully saturated rings. The summed E-state index contributed by atoms with van der Waals surface area (Å²) in [6.45, 7) is 0. The second-order valence-corrected chi connectivity index (χ2v) is 0.842. The minimum Gasteiger partial charge on any atom is -1.00 e. The number of halogens is 1. The monoisotopic (exact) mass is 161 g/mol. The van der Waals surface area contributed by atoms with Gasteiger partial charge < -0.3 is 17.0 Å². The molecule has 0 aromatic carbocycles. The fourth-order valence-corrected chi connectivity index (χ4v) is 0.225. The van der Waals surface area contributed by atoms with Crippen LogP contribution in [0.2, 0.25) is 0 Å². The predicted molar refractivity (Wildman–Crippen MR) is 18.6 cm³/mol. The molecule has 0 bridgehead atoms. The average Bonchev–Trinajstić information content (AvgIpc) is 1.72. The van der Waals surface area contributed by atoms with E-state index in [-0.39, 0.29) is 17.0 Å². The van der Waals surface area contributed by atoms with Gasteiger partial charge in [-0.3, -0.25) is 0 Å². The van der Waals surface area contributed by atoms with Gasteiger partial charge in [0.05, 0.1) is 5.10 Å². The molecular formula is C3H4BrN3. The van der Waals surface area contributed by atoms with Crippen LogP contribution in [-0.2, 0) is 0 Å². The summed E-state index contributed by atoms with van der Waals surface area (Å²) in [7, 11) is 0. The van der Waals surface area contributed by atoms with E-state index in [0.29, 0.717) is 0 Å². The molecule has 0 saturated heterocycles. The van der Waals surface area contributed by atoms with Crippen LogP contribution in [0.15, 0.2) is 18.7 Å². The van der Waals surface area contributed by atoms with Crippen molar-refractivity contribution in [3.63, 3.8) is 0 Å². The zero-order chi connectivity index (χ0) is 4.24. The number of hydrogen-bond acceptors (Lipinski definition) is 2. The fraction of sp³-hybridized carbons (Fsp3) is 0. The quantitative estimate of drug-likeness (QED) is 0.393. The molecule has 3 nitrogen and oxygen atoms in total. The molecule has 1 aromatic heterocycles. The Labute approximate surface area is 51.6 Å². The zero-order valence-electron chi connectivity index (χ0n) is 3.50. The van der Waals surface area contributed by atoms with E-state index in [2.05, 4.69) is 15.2 Å². The van der Waals surface area contributed by atoms with Gasteiger partial charge in [-0.2, -0.15) is 0 Å². The summed E-state index contributed by atoms with van der Waals surface area (Å²) >= 11 is 0. The first-order chi connectivity index (χ1) is 3.00. The van der Waals surface area contributed by atoms with Crippen LogP contribution in [0.25, 0.3) is 0 Å². The Bertz CT molecular complexity index is 82.1. The lowest BCUT2D eigenvalue weighted by Crippen LogP contribution is -3.00. The normalized spacial score (nSPS) is 6.86. The highest BCUT2D eigenvalue weighted by Crippen LogP contribution is 1.50. The van der Waals surface area contributed by atoms with Crippen molar-refractivity contribution in [2.24, 2.45) is 0 Å². The maximum absolute atomic E-state index is 3.50. The Balaban J connectivity index is 0.000000360.